The summed E-state index contributed by atoms with van der Waals surface area (Å²) in [7, 11) is 0. The van der Waals surface area contributed by atoms with E-state index in [1.165, 1.54) is 18.4 Å². The van der Waals surface area contributed by atoms with E-state index in [0.717, 1.165) is 18.5 Å². The molecule has 3 rings (SSSR count). The van der Waals surface area contributed by atoms with Crippen molar-refractivity contribution in [1.82, 2.24) is 15.3 Å². The lowest BCUT2D eigenvalue weighted by Crippen LogP contribution is -2.32. The smallest absolute Gasteiger partial charge is 0.254 e. The van der Waals surface area contributed by atoms with Crippen LogP contribution in [0.5, 0.6) is 0 Å². The Bertz CT molecular complexity index is 728. The van der Waals surface area contributed by atoms with Gasteiger partial charge in [-0.15, -0.1) is 0 Å². The van der Waals surface area contributed by atoms with E-state index < -0.39 is 0 Å². The van der Waals surface area contributed by atoms with Gasteiger partial charge in [-0.1, -0.05) is 51.8 Å². The normalized spacial score (nSPS) is 15.2. The predicted molar refractivity (Wildman–Crippen MR) is 100 cm³/mol. The molecule has 0 radical (unpaired) electrons. The molecule has 5 nitrogen and oxygen atoms in total. The van der Waals surface area contributed by atoms with Crippen LogP contribution in [0, 0.1) is 0 Å². The molecule has 1 aliphatic carbocycles. The molecule has 0 unspecified atom stereocenters. The third-order valence-corrected chi connectivity index (χ3v) is 4.59. The zero-order valence-corrected chi connectivity index (χ0v) is 15.2. The lowest BCUT2D eigenvalue weighted by atomic mass is 9.86. The highest BCUT2D eigenvalue weighted by Gasteiger charge is 2.19. The molecule has 1 aliphatic rings. The van der Waals surface area contributed by atoms with Gasteiger partial charge in [-0.3, -0.25) is 4.79 Å². The van der Waals surface area contributed by atoms with Crippen LogP contribution in [0.2, 0.25) is 0 Å². The zero-order chi connectivity index (χ0) is 17.9. The summed E-state index contributed by atoms with van der Waals surface area (Å²) in [5.74, 6) is 0.405. The summed E-state index contributed by atoms with van der Waals surface area (Å²) in [5.41, 5.74) is 2.70. The molecule has 1 heterocycles. The zero-order valence-electron chi connectivity index (χ0n) is 15.2. The van der Waals surface area contributed by atoms with Gasteiger partial charge in [0.15, 0.2) is 0 Å². The first-order valence-electron chi connectivity index (χ1n) is 8.93. The summed E-state index contributed by atoms with van der Waals surface area (Å²) in [6.45, 7) is 6.51. The lowest BCUT2D eigenvalue weighted by molar-refractivity contribution is 0.0937. The highest BCUT2D eigenvalue weighted by Crippen LogP contribution is 2.30. The van der Waals surface area contributed by atoms with E-state index in [4.69, 9.17) is 0 Å². The molecule has 1 fully saturated rings. The molecule has 0 atom stereocenters. The minimum absolute atomic E-state index is 0.0186. The van der Waals surface area contributed by atoms with Crippen LogP contribution in [-0.4, -0.2) is 21.9 Å². The molecule has 1 amide bonds. The summed E-state index contributed by atoms with van der Waals surface area (Å²) < 4.78 is 0. The molecule has 0 aliphatic heterocycles. The molecule has 2 aromatic rings. The van der Waals surface area contributed by atoms with Crippen LogP contribution in [0.15, 0.2) is 36.7 Å². The van der Waals surface area contributed by atoms with Crippen molar-refractivity contribution >= 4 is 17.5 Å². The Balaban J connectivity index is 1.70. The van der Waals surface area contributed by atoms with Gasteiger partial charge in [0.1, 0.15) is 0 Å². The summed E-state index contributed by atoms with van der Waals surface area (Å²) >= 11 is 0. The van der Waals surface area contributed by atoms with Crippen molar-refractivity contribution < 1.29 is 4.79 Å². The summed E-state index contributed by atoms with van der Waals surface area (Å²) in [5, 5.41) is 6.32. The molecular formula is C20H26N4O. The molecule has 1 saturated carbocycles. The van der Waals surface area contributed by atoms with Crippen molar-refractivity contribution in [3.05, 3.63) is 47.8 Å². The second-order valence-electron chi connectivity index (χ2n) is 7.67. The number of para-hydroxylation sites is 1. The van der Waals surface area contributed by atoms with Gasteiger partial charge in [0.25, 0.3) is 5.91 Å². The third kappa shape index (κ3) is 4.35. The van der Waals surface area contributed by atoms with Crippen LogP contribution in [0.4, 0.5) is 11.6 Å². The van der Waals surface area contributed by atoms with Crippen LogP contribution in [0.1, 0.15) is 62.4 Å². The van der Waals surface area contributed by atoms with Crippen molar-refractivity contribution in [3.63, 3.8) is 0 Å². The van der Waals surface area contributed by atoms with E-state index in [1.807, 2.05) is 18.2 Å². The minimum Gasteiger partial charge on any atom is -0.349 e. The molecule has 1 aromatic carbocycles. The molecule has 2 N–H and O–H groups in total. The Hall–Kier alpha value is -2.43. The van der Waals surface area contributed by atoms with E-state index in [1.54, 1.807) is 12.4 Å². The van der Waals surface area contributed by atoms with E-state index in [9.17, 15) is 4.79 Å². The van der Waals surface area contributed by atoms with Crippen molar-refractivity contribution in [2.75, 3.05) is 5.32 Å². The van der Waals surface area contributed by atoms with E-state index in [0.29, 0.717) is 17.6 Å². The van der Waals surface area contributed by atoms with Gasteiger partial charge in [-0.2, -0.15) is 0 Å². The Morgan fingerprint density at radius 3 is 2.36 bits per heavy atom. The van der Waals surface area contributed by atoms with Crippen molar-refractivity contribution in [1.29, 1.82) is 0 Å². The Kier molecular flexibility index (Phi) is 5.02. The fraction of sp³-hybridized carbons (Fsp3) is 0.450. The molecule has 1 aromatic heterocycles. The van der Waals surface area contributed by atoms with Crippen LogP contribution in [0.25, 0.3) is 0 Å². The fourth-order valence-electron chi connectivity index (χ4n) is 3.22. The first-order chi connectivity index (χ1) is 11.9. The Morgan fingerprint density at radius 1 is 1.08 bits per heavy atom. The molecule has 25 heavy (non-hydrogen) atoms. The van der Waals surface area contributed by atoms with Gasteiger partial charge in [0.05, 0.1) is 5.56 Å². The summed E-state index contributed by atoms with van der Waals surface area (Å²) in [4.78, 5) is 20.9. The van der Waals surface area contributed by atoms with Gasteiger partial charge >= 0.3 is 0 Å². The lowest BCUT2D eigenvalue weighted by Gasteiger charge is -2.22. The predicted octanol–water partition coefficient (Wildman–Crippen LogP) is 4.19. The highest BCUT2D eigenvalue weighted by atomic mass is 16.1. The number of nitrogens with zero attached hydrogens (tertiary/aromatic N) is 2. The van der Waals surface area contributed by atoms with Crippen LogP contribution < -0.4 is 10.6 Å². The maximum absolute atomic E-state index is 12.2. The quantitative estimate of drug-likeness (QED) is 0.877. The Morgan fingerprint density at radius 2 is 1.72 bits per heavy atom. The third-order valence-electron chi connectivity index (χ3n) is 4.59. The Labute approximate surface area is 149 Å². The van der Waals surface area contributed by atoms with Gasteiger partial charge < -0.3 is 10.6 Å². The van der Waals surface area contributed by atoms with Crippen LogP contribution in [-0.2, 0) is 5.41 Å². The van der Waals surface area contributed by atoms with Gasteiger partial charge in [0.2, 0.25) is 5.95 Å². The topological polar surface area (TPSA) is 66.9 Å². The SMILES string of the molecule is CC(C)(C)c1ccccc1Nc1ncc(C(=O)NC2CCCC2)cn1. The number of benzene rings is 1. The van der Waals surface area contributed by atoms with Crippen molar-refractivity contribution in [3.8, 4) is 0 Å². The van der Waals surface area contributed by atoms with E-state index in [-0.39, 0.29) is 11.3 Å². The van der Waals surface area contributed by atoms with Crippen molar-refractivity contribution in [2.45, 2.75) is 57.9 Å². The van der Waals surface area contributed by atoms with Crippen LogP contribution in [0.3, 0.4) is 0 Å². The maximum atomic E-state index is 12.2. The molecule has 0 saturated heterocycles. The largest absolute Gasteiger partial charge is 0.349 e. The number of rotatable bonds is 4. The second-order valence-corrected chi connectivity index (χ2v) is 7.67. The molecule has 5 heteroatoms. The molecule has 132 valence electrons. The second kappa shape index (κ2) is 7.21. The van der Waals surface area contributed by atoms with Gasteiger partial charge in [-0.05, 0) is 29.9 Å². The van der Waals surface area contributed by atoms with Gasteiger partial charge in [-0.25, -0.2) is 9.97 Å². The molecule has 0 spiro atoms. The number of aromatic nitrogens is 2. The number of carbonyl (C=O) groups excluding carboxylic acids is 1. The number of hydrogen-bond donors (Lipinski definition) is 2. The first-order valence-corrected chi connectivity index (χ1v) is 8.93. The maximum Gasteiger partial charge on any atom is 0.254 e. The average molecular weight is 338 g/mol. The summed E-state index contributed by atoms with van der Waals surface area (Å²) in [6, 6.07) is 8.43. The van der Waals surface area contributed by atoms with Gasteiger partial charge in [0, 0.05) is 24.1 Å². The van der Waals surface area contributed by atoms with Crippen LogP contribution >= 0.6 is 0 Å². The number of carbonyl (C=O) groups is 1. The standard InChI is InChI=1S/C20H26N4O/c1-20(2,3)16-10-6-7-11-17(16)24-19-21-12-14(13-22-19)18(25)23-15-8-4-5-9-15/h6-7,10-13,15H,4-5,8-9H2,1-3H3,(H,23,25)(H,21,22,24). The molecule has 0 bridgehead atoms. The highest BCUT2D eigenvalue weighted by molar-refractivity contribution is 5.93. The van der Waals surface area contributed by atoms with Crippen molar-refractivity contribution in [2.24, 2.45) is 0 Å². The van der Waals surface area contributed by atoms with E-state index in [2.05, 4.69) is 47.4 Å². The molecular weight excluding hydrogens is 312 g/mol. The monoisotopic (exact) mass is 338 g/mol. The number of amides is 1. The number of hydrogen-bond acceptors (Lipinski definition) is 4. The number of anilines is 2. The fourth-order valence-corrected chi connectivity index (χ4v) is 3.22. The average Bonchev–Trinajstić information content (AvgIpc) is 3.08. The number of nitrogens with one attached hydrogen (secondary N) is 2. The van der Waals surface area contributed by atoms with E-state index >= 15 is 0 Å². The first kappa shape index (κ1) is 17.4. The minimum atomic E-state index is -0.0893. The summed E-state index contributed by atoms with van der Waals surface area (Å²) in [6.07, 6.45) is 7.68.